The van der Waals surface area contributed by atoms with Crippen molar-refractivity contribution in [1.82, 2.24) is 10.2 Å². The first-order chi connectivity index (χ1) is 12.2. The molecule has 2 aliphatic heterocycles. The van der Waals surface area contributed by atoms with Crippen molar-refractivity contribution < 1.29 is 9.64 Å². The summed E-state index contributed by atoms with van der Waals surface area (Å²) in [5, 5.41) is 5.11. The van der Waals surface area contributed by atoms with Crippen LogP contribution in [0.5, 0.6) is 0 Å². The van der Waals surface area contributed by atoms with Gasteiger partial charge in [0.25, 0.3) is 0 Å². The van der Waals surface area contributed by atoms with Crippen LogP contribution in [-0.4, -0.2) is 75.6 Å². The fraction of sp³-hybridized carbons (Fsp3) is 0.611. The number of ether oxygens (including phenoxy) is 1. The van der Waals surface area contributed by atoms with Crippen molar-refractivity contribution in [3.05, 3.63) is 29.3 Å². The minimum absolute atomic E-state index is 0.791. The first kappa shape index (κ1) is 18.7. The summed E-state index contributed by atoms with van der Waals surface area (Å²) in [6.07, 6.45) is 1.15. The quantitative estimate of drug-likeness (QED) is 0.576. The van der Waals surface area contributed by atoms with Crippen molar-refractivity contribution in [3.63, 3.8) is 0 Å². The zero-order valence-corrected chi connectivity index (χ0v) is 16.2. The second-order valence-corrected chi connectivity index (χ2v) is 7.47. The summed E-state index contributed by atoms with van der Waals surface area (Å²) in [5.74, 6) is 0. The number of nitrogens with one attached hydrogen (secondary N) is 2. The smallest absolute Gasteiger partial charge is 0.169 e. The average molecular weight is 384 g/mol. The summed E-state index contributed by atoms with van der Waals surface area (Å²) in [4.78, 5) is 6.29. The number of anilines is 1. The van der Waals surface area contributed by atoms with Crippen LogP contribution in [-0.2, 0) is 4.74 Å². The van der Waals surface area contributed by atoms with Crippen LogP contribution in [0.15, 0.2) is 24.3 Å². The Balaban J connectivity index is 1.34. The van der Waals surface area contributed by atoms with Crippen molar-refractivity contribution in [2.75, 3.05) is 70.5 Å². The van der Waals surface area contributed by atoms with Crippen molar-refractivity contribution in [2.24, 2.45) is 0 Å². The van der Waals surface area contributed by atoms with Gasteiger partial charge in [-0.3, -0.25) is 0 Å². The van der Waals surface area contributed by atoms with Crippen LogP contribution >= 0.6 is 23.8 Å². The monoisotopic (exact) mass is 383 g/mol. The van der Waals surface area contributed by atoms with Gasteiger partial charge < -0.3 is 24.8 Å². The van der Waals surface area contributed by atoms with Gasteiger partial charge in [-0.25, -0.2) is 0 Å². The first-order valence-electron chi connectivity index (χ1n) is 9.17. The molecule has 138 valence electrons. The van der Waals surface area contributed by atoms with E-state index >= 15 is 0 Å². The predicted molar refractivity (Wildman–Crippen MR) is 107 cm³/mol. The molecule has 2 saturated heterocycles. The standard InChI is InChI=1S/C18H27ClN4OS/c19-16-3-1-4-17(15-16)22-7-9-23(10-8-22)18(25)20-5-2-6-21-11-13-24-14-12-21/h1,3-4,15H,2,5-14H2,(H,20,25)/p+1. The van der Waals surface area contributed by atoms with Crippen LogP contribution in [0.1, 0.15) is 6.42 Å². The van der Waals surface area contributed by atoms with Gasteiger partial charge in [-0.2, -0.15) is 0 Å². The maximum Gasteiger partial charge on any atom is 0.169 e. The van der Waals surface area contributed by atoms with Crippen molar-refractivity contribution in [2.45, 2.75) is 6.42 Å². The molecule has 0 radical (unpaired) electrons. The molecule has 0 unspecified atom stereocenters. The summed E-state index contributed by atoms with van der Waals surface area (Å²) in [6.45, 7) is 10.1. The Morgan fingerprint density at radius 3 is 2.68 bits per heavy atom. The third-order valence-electron chi connectivity index (χ3n) is 4.92. The lowest BCUT2D eigenvalue weighted by Crippen LogP contribution is -3.14. The normalized spacial score (nSPS) is 19.1. The van der Waals surface area contributed by atoms with Gasteiger partial charge in [-0.1, -0.05) is 17.7 Å². The highest BCUT2D eigenvalue weighted by molar-refractivity contribution is 7.80. The minimum atomic E-state index is 0.791. The molecule has 7 heteroatoms. The number of benzene rings is 1. The van der Waals surface area contributed by atoms with Gasteiger partial charge in [0.05, 0.1) is 19.8 Å². The average Bonchev–Trinajstić information content (AvgIpc) is 2.66. The van der Waals surface area contributed by atoms with E-state index in [4.69, 9.17) is 28.6 Å². The number of thiocarbonyl (C=S) groups is 1. The molecule has 0 spiro atoms. The molecule has 0 amide bonds. The van der Waals surface area contributed by atoms with E-state index in [-0.39, 0.29) is 0 Å². The molecule has 0 bridgehead atoms. The summed E-state index contributed by atoms with van der Waals surface area (Å²) in [6, 6.07) is 8.07. The second-order valence-electron chi connectivity index (χ2n) is 6.65. The van der Waals surface area contributed by atoms with E-state index in [0.29, 0.717) is 0 Å². The molecule has 0 saturated carbocycles. The molecular formula is C18H28ClN4OS+. The topological polar surface area (TPSA) is 32.2 Å². The van der Waals surface area contributed by atoms with Crippen molar-refractivity contribution in [1.29, 1.82) is 0 Å². The molecule has 2 N–H and O–H groups in total. The van der Waals surface area contributed by atoms with Crippen molar-refractivity contribution in [3.8, 4) is 0 Å². The molecule has 5 nitrogen and oxygen atoms in total. The van der Waals surface area contributed by atoms with Crippen LogP contribution < -0.4 is 15.1 Å². The van der Waals surface area contributed by atoms with Gasteiger partial charge >= 0.3 is 0 Å². The number of hydrogen-bond donors (Lipinski definition) is 2. The van der Waals surface area contributed by atoms with E-state index in [1.165, 1.54) is 12.2 Å². The van der Waals surface area contributed by atoms with E-state index < -0.39 is 0 Å². The van der Waals surface area contributed by atoms with E-state index in [9.17, 15) is 0 Å². The Hall–Kier alpha value is -1.08. The molecule has 1 aromatic carbocycles. The number of piperazine rings is 1. The largest absolute Gasteiger partial charge is 0.370 e. The SMILES string of the molecule is S=C(NCCC[NH+]1CCOCC1)N1CCN(c2cccc(Cl)c2)CC1. The maximum absolute atomic E-state index is 6.09. The first-order valence-corrected chi connectivity index (χ1v) is 9.95. The number of quaternary nitrogens is 1. The van der Waals surface area contributed by atoms with Crippen molar-refractivity contribution >= 4 is 34.6 Å². The Labute approximate surface area is 160 Å². The van der Waals surface area contributed by atoms with Gasteiger partial charge in [-0.15, -0.1) is 0 Å². The number of halogens is 1. The second kappa shape index (κ2) is 9.57. The number of nitrogens with zero attached hydrogens (tertiary/aromatic N) is 2. The zero-order chi connectivity index (χ0) is 17.5. The van der Waals surface area contributed by atoms with E-state index in [1.807, 2.05) is 18.2 Å². The Kier molecular flexibility index (Phi) is 7.16. The van der Waals surface area contributed by atoms with Gasteiger partial charge in [-0.05, 0) is 30.4 Å². The highest BCUT2D eigenvalue weighted by Gasteiger charge is 2.19. The number of rotatable bonds is 5. The van der Waals surface area contributed by atoms with E-state index in [0.717, 1.165) is 75.6 Å². The molecule has 25 heavy (non-hydrogen) atoms. The van der Waals surface area contributed by atoms with E-state index in [2.05, 4.69) is 21.2 Å². The van der Waals surface area contributed by atoms with Gasteiger partial charge in [0.2, 0.25) is 0 Å². The number of morpholine rings is 1. The van der Waals surface area contributed by atoms with Crippen LogP contribution in [0.25, 0.3) is 0 Å². The molecule has 2 aliphatic rings. The van der Waals surface area contributed by atoms with Crippen LogP contribution in [0.2, 0.25) is 5.02 Å². The third-order valence-corrected chi connectivity index (χ3v) is 5.56. The lowest BCUT2D eigenvalue weighted by molar-refractivity contribution is -0.908. The van der Waals surface area contributed by atoms with E-state index in [1.54, 1.807) is 4.90 Å². The van der Waals surface area contributed by atoms with Gasteiger partial charge in [0.1, 0.15) is 13.1 Å². The highest BCUT2D eigenvalue weighted by atomic mass is 35.5. The summed E-state index contributed by atoms with van der Waals surface area (Å²) in [5.41, 5.74) is 1.19. The highest BCUT2D eigenvalue weighted by Crippen LogP contribution is 2.20. The third kappa shape index (κ3) is 5.71. The fourth-order valence-corrected chi connectivity index (χ4v) is 3.87. The zero-order valence-electron chi connectivity index (χ0n) is 14.7. The molecule has 0 aliphatic carbocycles. The fourth-order valence-electron chi connectivity index (χ4n) is 3.40. The predicted octanol–water partition coefficient (Wildman–Crippen LogP) is 0.642. The molecule has 1 aromatic rings. The van der Waals surface area contributed by atoms with Gasteiger partial charge in [0, 0.05) is 49.9 Å². The maximum atomic E-state index is 6.09. The Morgan fingerprint density at radius 1 is 1.20 bits per heavy atom. The van der Waals surface area contributed by atoms with Gasteiger partial charge in [0.15, 0.2) is 5.11 Å². The summed E-state index contributed by atoms with van der Waals surface area (Å²) >= 11 is 11.7. The Bertz CT molecular complexity index is 560. The molecular weight excluding hydrogens is 356 g/mol. The molecule has 0 atom stereocenters. The van der Waals surface area contributed by atoms with Crippen LogP contribution in [0.4, 0.5) is 5.69 Å². The Morgan fingerprint density at radius 2 is 1.96 bits per heavy atom. The molecule has 0 aromatic heterocycles. The van der Waals surface area contributed by atoms with Crippen LogP contribution in [0, 0.1) is 0 Å². The molecule has 2 fully saturated rings. The number of hydrogen-bond acceptors (Lipinski definition) is 3. The molecule has 2 heterocycles. The summed E-state index contributed by atoms with van der Waals surface area (Å²) < 4.78 is 5.40. The van der Waals surface area contributed by atoms with Crippen LogP contribution in [0.3, 0.4) is 0 Å². The summed E-state index contributed by atoms with van der Waals surface area (Å²) in [7, 11) is 0. The lowest BCUT2D eigenvalue weighted by Gasteiger charge is -2.37. The molecule has 3 rings (SSSR count). The lowest BCUT2D eigenvalue weighted by atomic mass is 10.2. The minimum Gasteiger partial charge on any atom is -0.370 e.